The maximum Gasteiger partial charge on any atom is 0.186 e. The Morgan fingerprint density at radius 3 is 2.50 bits per heavy atom. The zero-order valence-electron chi connectivity index (χ0n) is 9.87. The molecule has 0 heterocycles. The fraction of sp³-hybridized carbons (Fsp3) is 0.333. The third-order valence-corrected chi connectivity index (χ3v) is 2.37. The molecule has 0 unspecified atom stereocenters. The SMILES string of the molecule is CCNC(=S)NN=C(C)c1ccc(C)cc1. The number of hydrogen-bond donors (Lipinski definition) is 2. The summed E-state index contributed by atoms with van der Waals surface area (Å²) < 4.78 is 0. The highest BCUT2D eigenvalue weighted by molar-refractivity contribution is 7.80. The number of hydrogen-bond acceptors (Lipinski definition) is 2. The molecular formula is C12H17N3S. The van der Waals surface area contributed by atoms with E-state index in [0.717, 1.165) is 17.8 Å². The van der Waals surface area contributed by atoms with E-state index in [1.165, 1.54) is 5.56 Å². The maximum atomic E-state index is 5.01. The van der Waals surface area contributed by atoms with E-state index >= 15 is 0 Å². The molecule has 1 aromatic rings. The number of hydrazone groups is 1. The van der Waals surface area contributed by atoms with Crippen molar-refractivity contribution in [3.8, 4) is 0 Å². The van der Waals surface area contributed by atoms with E-state index in [1.54, 1.807) is 0 Å². The molecule has 0 atom stereocenters. The molecular weight excluding hydrogens is 218 g/mol. The van der Waals surface area contributed by atoms with Crippen molar-refractivity contribution in [2.75, 3.05) is 6.54 Å². The van der Waals surface area contributed by atoms with Crippen LogP contribution in [0.2, 0.25) is 0 Å². The molecule has 0 amide bonds. The predicted octanol–water partition coefficient (Wildman–Crippen LogP) is 2.20. The Kier molecular flexibility index (Phi) is 4.92. The normalized spacial score (nSPS) is 11.1. The summed E-state index contributed by atoms with van der Waals surface area (Å²) in [6, 6.07) is 8.23. The summed E-state index contributed by atoms with van der Waals surface area (Å²) in [5, 5.41) is 7.73. The molecule has 0 aliphatic heterocycles. The highest BCUT2D eigenvalue weighted by Gasteiger charge is 1.97. The van der Waals surface area contributed by atoms with Crippen LogP contribution in [0.1, 0.15) is 25.0 Å². The van der Waals surface area contributed by atoms with Gasteiger partial charge >= 0.3 is 0 Å². The standard InChI is InChI=1S/C12H17N3S/c1-4-13-12(16)15-14-10(3)11-7-5-9(2)6-8-11/h5-8H,4H2,1-3H3,(H2,13,15,16). The molecule has 0 aromatic heterocycles. The van der Waals surface area contributed by atoms with Gasteiger partial charge in [-0.25, -0.2) is 0 Å². The Morgan fingerprint density at radius 2 is 1.94 bits per heavy atom. The van der Waals surface area contributed by atoms with Crippen molar-refractivity contribution in [3.63, 3.8) is 0 Å². The molecule has 0 spiro atoms. The molecule has 1 aromatic carbocycles. The largest absolute Gasteiger partial charge is 0.362 e. The van der Waals surface area contributed by atoms with Crippen molar-refractivity contribution >= 4 is 23.0 Å². The topological polar surface area (TPSA) is 36.4 Å². The van der Waals surface area contributed by atoms with Gasteiger partial charge in [-0.15, -0.1) is 0 Å². The lowest BCUT2D eigenvalue weighted by Gasteiger charge is -2.05. The molecule has 0 saturated heterocycles. The minimum atomic E-state index is 0.550. The van der Waals surface area contributed by atoms with E-state index in [1.807, 2.05) is 26.0 Å². The van der Waals surface area contributed by atoms with E-state index in [-0.39, 0.29) is 0 Å². The Balaban J connectivity index is 2.63. The van der Waals surface area contributed by atoms with Crippen LogP contribution in [0.3, 0.4) is 0 Å². The first kappa shape index (κ1) is 12.6. The highest BCUT2D eigenvalue weighted by Crippen LogP contribution is 2.03. The summed E-state index contributed by atoms with van der Waals surface area (Å²) >= 11 is 5.01. The molecule has 4 heteroatoms. The van der Waals surface area contributed by atoms with Crippen LogP contribution in [-0.2, 0) is 0 Å². The van der Waals surface area contributed by atoms with Gasteiger partial charge in [-0.05, 0) is 38.6 Å². The fourth-order valence-corrected chi connectivity index (χ4v) is 1.38. The molecule has 16 heavy (non-hydrogen) atoms. The second-order valence-corrected chi connectivity index (χ2v) is 3.94. The van der Waals surface area contributed by atoms with Crippen LogP contribution >= 0.6 is 12.2 Å². The van der Waals surface area contributed by atoms with Gasteiger partial charge in [0, 0.05) is 6.54 Å². The van der Waals surface area contributed by atoms with E-state index in [4.69, 9.17) is 12.2 Å². The van der Waals surface area contributed by atoms with Crippen molar-refractivity contribution in [1.29, 1.82) is 0 Å². The summed E-state index contributed by atoms with van der Waals surface area (Å²) in [6.07, 6.45) is 0. The molecule has 0 bridgehead atoms. The second kappa shape index (κ2) is 6.23. The zero-order chi connectivity index (χ0) is 12.0. The van der Waals surface area contributed by atoms with Gasteiger partial charge in [0.05, 0.1) is 5.71 Å². The quantitative estimate of drug-likeness (QED) is 0.479. The van der Waals surface area contributed by atoms with Crippen LogP contribution in [-0.4, -0.2) is 17.4 Å². The van der Waals surface area contributed by atoms with E-state index in [0.29, 0.717) is 5.11 Å². The summed E-state index contributed by atoms with van der Waals surface area (Å²) in [5.74, 6) is 0. The summed E-state index contributed by atoms with van der Waals surface area (Å²) in [4.78, 5) is 0. The van der Waals surface area contributed by atoms with Crippen molar-refractivity contribution in [3.05, 3.63) is 35.4 Å². The molecule has 0 fully saturated rings. The van der Waals surface area contributed by atoms with Crippen LogP contribution in [0.5, 0.6) is 0 Å². The monoisotopic (exact) mass is 235 g/mol. The average molecular weight is 235 g/mol. The number of thiocarbonyl (C=S) groups is 1. The van der Waals surface area contributed by atoms with E-state index < -0.39 is 0 Å². The van der Waals surface area contributed by atoms with Crippen molar-refractivity contribution < 1.29 is 0 Å². The molecule has 3 nitrogen and oxygen atoms in total. The molecule has 0 aliphatic rings. The van der Waals surface area contributed by atoms with Gasteiger partial charge < -0.3 is 5.32 Å². The molecule has 86 valence electrons. The van der Waals surface area contributed by atoms with Crippen LogP contribution in [0, 0.1) is 6.92 Å². The van der Waals surface area contributed by atoms with Crippen LogP contribution < -0.4 is 10.7 Å². The summed E-state index contributed by atoms with van der Waals surface area (Å²) in [7, 11) is 0. The maximum absolute atomic E-state index is 5.01. The van der Waals surface area contributed by atoms with Gasteiger partial charge in [0.1, 0.15) is 0 Å². The Morgan fingerprint density at radius 1 is 1.31 bits per heavy atom. The number of benzene rings is 1. The summed E-state index contributed by atoms with van der Waals surface area (Å²) in [6.45, 7) is 6.80. The lowest BCUT2D eigenvalue weighted by atomic mass is 10.1. The first-order chi connectivity index (χ1) is 7.63. The average Bonchev–Trinajstić information content (AvgIpc) is 2.27. The molecule has 2 N–H and O–H groups in total. The third-order valence-electron chi connectivity index (χ3n) is 2.13. The molecule has 1 rings (SSSR count). The lowest BCUT2D eigenvalue weighted by molar-refractivity contribution is 0.900. The smallest absolute Gasteiger partial charge is 0.186 e. The Hall–Kier alpha value is -1.42. The fourth-order valence-electron chi connectivity index (χ4n) is 1.19. The number of rotatable bonds is 3. The van der Waals surface area contributed by atoms with Crippen LogP contribution in [0.25, 0.3) is 0 Å². The van der Waals surface area contributed by atoms with Gasteiger partial charge in [0.15, 0.2) is 5.11 Å². The number of nitrogens with one attached hydrogen (secondary N) is 2. The van der Waals surface area contributed by atoms with Gasteiger partial charge in [-0.2, -0.15) is 5.10 Å². The third kappa shape index (κ3) is 3.98. The van der Waals surface area contributed by atoms with Crippen LogP contribution in [0.15, 0.2) is 29.4 Å². The van der Waals surface area contributed by atoms with Gasteiger partial charge in [-0.3, -0.25) is 5.43 Å². The lowest BCUT2D eigenvalue weighted by Crippen LogP contribution is -2.32. The first-order valence-corrected chi connectivity index (χ1v) is 5.69. The van der Waals surface area contributed by atoms with E-state index in [9.17, 15) is 0 Å². The first-order valence-electron chi connectivity index (χ1n) is 5.28. The van der Waals surface area contributed by atoms with E-state index in [2.05, 4.69) is 34.9 Å². The molecule has 0 radical (unpaired) electrons. The van der Waals surface area contributed by atoms with Gasteiger partial charge in [0.25, 0.3) is 0 Å². The summed E-state index contributed by atoms with van der Waals surface area (Å²) in [5.41, 5.74) is 6.06. The Labute approximate surface area is 102 Å². The van der Waals surface area contributed by atoms with Crippen molar-refractivity contribution in [1.82, 2.24) is 10.7 Å². The Bertz CT molecular complexity index is 382. The zero-order valence-corrected chi connectivity index (χ0v) is 10.7. The second-order valence-electron chi connectivity index (χ2n) is 3.53. The van der Waals surface area contributed by atoms with Gasteiger partial charge in [-0.1, -0.05) is 29.8 Å². The van der Waals surface area contributed by atoms with Gasteiger partial charge in [0.2, 0.25) is 0 Å². The molecule has 0 saturated carbocycles. The predicted molar refractivity (Wildman–Crippen MR) is 72.8 cm³/mol. The molecule has 0 aliphatic carbocycles. The number of nitrogens with zero attached hydrogens (tertiary/aromatic N) is 1. The minimum absolute atomic E-state index is 0.550. The van der Waals surface area contributed by atoms with Crippen molar-refractivity contribution in [2.45, 2.75) is 20.8 Å². The number of aryl methyl sites for hydroxylation is 1. The van der Waals surface area contributed by atoms with Crippen molar-refractivity contribution in [2.24, 2.45) is 5.10 Å². The highest BCUT2D eigenvalue weighted by atomic mass is 32.1. The minimum Gasteiger partial charge on any atom is -0.362 e. The van der Waals surface area contributed by atoms with Crippen LogP contribution in [0.4, 0.5) is 0 Å².